The highest BCUT2D eigenvalue weighted by atomic mass is 32.1. The van der Waals surface area contributed by atoms with Crippen LogP contribution in [0.25, 0.3) is 0 Å². The van der Waals surface area contributed by atoms with Crippen LogP contribution in [0.2, 0.25) is 0 Å². The number of piperidine rings is 1. The van der Waals surface area contributed by atoms with Crippen LogP contribution >= 0.6 is 12.2 Å². The van der Waals surface area contributed by atoms with E-state index in [-0.39, 0.29) is 24.2 Å². The number of pyridine rings is 1. The molecule has 1 aromatic heterocycles. The van der Waals surface area contributed by atoms with Crippen LogP contribution in [0, 0.1) is 5.92 Å². The van der Waals surface area contributed by atoms with Crippen molar-refractivity contribution in [1.29, 1.82) is 0 Å². The van der Waals surface area contributed by atoms with Crippen LogP contribution < -0.4 is 20.3 Å². The second-order valence-corrected chi connectivity index (χ2v) is 7.82. The van der Waals surface area contributed by atoms with E-state index in [1.165, 1.54) is 0 Å². The van der Waals surface area contributed by atoms with E-state index in [9.17, 15) is 9.59 Å². The number of rotatable bonds is 1. The highest BCUT2D eigenvalue weighted by Gasteiger charge is 2.35. The third-order valence-corrected chi connectivity index (χ3v) is 5.98. The van der Waals surface area contributed by atoms with E-state index in [1.54, 1.807) is 24.3 Å². The minimum absolute atomic E-state index is 0.0549. The van der Waals surface area contributed by atoms with Crippen molar-refractivity contribution >= 4 is 23.2 Å². The van der Waals surface area contributed by atoms with Crippen LogP contribution in [0.3, 0.4) is 0 Å². The van der Waals surface area contributed by atoms with Crippen molar-refractivity contribution in [2.75, 3.05) is 19.9 Å². The van der Waals surface area contributed by atoms with Crippen LogP contribution in [0.4, 0.5) is 0 Å². The first-order valence-corrected chi connectivity index (χ1v) is 9.69. The van der Waals surface area contributed by atoms with Gasteiger partial charge in [0, 0.05) is 42.9 Å². The number of hydrogen-bond acceptors (Lipinski definition) is 5. The molecule has 2 atom stereocenters. The Morgan fingerprint density at radius 3 is 2.86 bits per heavy atom. The van der Waals surface area contributed by atoms with Gasteiger partial charge in [-0.3, -0.25) is 14.9 Å². The summed E-state index contributed by atoms with van der Waals surface area (Å²) in [4.78, 5) is 26.8. The Hall–Kier alpha value is -2.87. The van der Waals surface area contributed by atoms with E-state index in [2.05, 4.69) is 5.32 Å². The van der Waals surface area contributed by atoms with Gasteiger partial charge in [-0.15, -0.1) is 0 Å². The number of amides is 1. The molecule has 28 heavy (non-hydrogen) atoms. The first kappa shape index (κ1) is 17.2. The summed E-state index contributed by atoms with van der Waals surface area (Å²) in [6.07, 6.45) is 1.04. The summed E-state index contributed by atoms with van der Waals surface area (Å²) in [6, 6.07) is 10.5. The first-order valence-electron chi connectivity index (χ1n) is 9.28. The van der Waals surface area contributed by atoms with Gasteiger partial charge in [-0.2, -0.15) is 0 Å². The van der Waals surface area contributed by atoms with E-state index < -0.39 is 0 Å². The Morgan fingerprint density at radius 1 is 1.11 bits per heavy atom. The lowest BCUT2D eigenvalue weighted by molar-refractivity contribution is 0.0967. The van der Waals surface area contributed by atoms with Crippen LogP contribution in [-0.4, -0.2) is 40.4 Å². The van der Waals surface area contributed by atoms with Crippen molar-refractivity contribution in [3.63, 3.8) is 0 Å². The number of aromatic nitrogens is 1. The average molecular weight is 397 g/mol. The van der Waals surface area contributed by atoms with Crippen molar-refractivity contribution in [2.45, 2.75) is 18.9 Å². The highest BCUT2D eigenvalue weighted by molar-refractivity contribution is 7.80. The minimum Gasteiger partial charge on any atom is -0.454 e. The minimum atomic E-state index is -0.268. The summed E-state index contributed by atoms with van der Waals surface area (Å²) in [5.74, 6) is 1.51. The van der Waals surface area contributed by atoms with Gasteiger partial charge in [0.05, 0.1) is 0 Å². The molecule has 8 heteroatoms. The monoisotopic (exact) mass is 397 g/mol. The third kappa shape index (κ3) is 2.93. The molecule has 2 aromatic rings. The van der Waals surface area contributed by atoms with E-state index in [0.29, 0.717) is 41.2 Å². The van der Waals surface area contributed by atoms with Crippen molar-refractivity contribution in [3.8, 4) is 11.5 Å². The summed E-state index contributed by atoms with van der Waals surface area (Å²) in [7, 11) is 0. The van der Waals surface area contributed by atoms with Gasteiger partial charge in [-0.05, 0) is 48.8 Å². The zero-order chi connectivity index (χ0) is 19.3. The number of ether oxygens (including phenoxy) is 2. The molecule has 3 aliphatic rings. The largest absolute Gasteiger partial charge is 0.454 e. The molecule has 1 aromatic carbocycles. The van der Waals surface area contributed by atoms with E-state index in [1.807, 2.05) is 21.6 Å². The summed E-state index contributed by atoms with van der Waals surface area (Å²) < 4.78 is 12.5. The Balaban J connectivity index is 1.30. The second kappa shape index (κ2) is 6.63. The highest BCUT2D eigenvalue weighted by Crippen LogP contribution is 2.35. The normalized spacial score (nSPS) is 21.8. The third-order valence-electron chi connectivity index (χ3n) is 5.62. The van der Waals surface area contributed by atoms with Crippen molar-refractivity contribution in [2.24, 2.45) is 5.92 Å². The molecule has 1 fully saturated rings. The molecule has 1 N–H and O–H groups in total. The molecule has 144 valence electrons. The topological polar surface area (TPSA) is 72.8 Å². The predicted octanol–water partition coefficient (Wildman–Crippen LogP) is 1.71. The molecule has 0 saturated carbocycles. The standard InChI is InChI=1S/C20H19N3O4S/c24-18-3-1-2-15-14-6-12(9-23(15)18)8-22(10-14)20(28)21-19(25)13-4-5-16-17(7-13)27-11-26-16/h1-5,7,12,14H,6,8-11H2,(H,21,25,28). The van der Waals surface area contributed by atoms with Crippen molar-refractivity contribution in [3.05, 3.63) is 58.0 Å². The Bertz CT molecular complexity index is 1030. The molecule has 4 heterocycles. The van der Waals surface area contributed by atoms with E-state index in [4.69, 9.17) is 21.7 Å². The first-order chi connectivity index (χ1) is 13.6. The van der Waals surface area contributed by atoms with Crippen molar-refractivity contribution < 1.29 is 14.3 Å². The lowest BCUT2D eigenvalue weighted by Gasteiger charge is -2.43. The summed E-state index contributed by atoms with van der Waals surface area (Å²) in [5.41, 5.74) is 1.58. The Kier molecular flexibility index (Phi) is 4.08. The van der Waals surface area contributed by atoms with Gasteiger partial charge in [-0.1, -0.05) is 6.07 Å². The molecular formula is C20H19N3O4S. The van der Waals surface area contributed by atoms with E-state index in [0.717, 1.165) is 18.7 Å². The maximum atomic E-state index is 12.6. The molecule has 0 spiro atoms. The maximum absolute atomic E-state index is 12.6. The van der Waals surface area contributed by atoms with Crippen LogP contribution in [0.5, 0.6) is 11.5 Å². The van der Waals surface area contributed by atoms with Gasteiger partial charge in [0.1, 0.15) is 0 Å². The zero-order valence-electron chi connectivity index (χ0n) is 15.1. The lowest BCUT2D eigenvalue weighted by atomic mass is 9.83. The number of nitrogens with zero attached hydrogens (tertiary/aromatic N) is 2. The molecule has 1 amide bonds. The number of nitrogens with one attached hydrogen (secondary N) is 1. The number of likely N-dealkylation sites (tertiary alicyclic amines) is 1. The molecule has 1 saturated heterocycles. The fourth-order valence-electron chi connectivity index (χ4n) is 4.35. The molecule has 5 rings (SSSR count). The Labute approximate surface area is 166 Å². The van der Waals surface area contributed by atoms with Gasteiger partial charge in [0.25, 0.3) is 11.5 Å². The SMILES string of the molecule is O=C(NC(=S)N1CC2CC(C1)c1cccc(=O)n1C2)c1ccc2c(c1)OCO2. The Morgan fingerprint density at radius 2 is 1.96 bits per heavy atom. The van der Waals surface area contributed by atoms with Crippen LogP contribution in [0.15, 0.2) is 41.2 Å². The fourth-order valence-corrected chi connectivity index (χ4v) is 4.59. The number of thiocarbonyl (C=S) groups is 1. The maximum Gasteiger partial charge on any atom is 0.257 e. The number of benzene rings is 1. The smallest absolute Gasteiger partial charge is 0.257 e. The van der Waals surface area contributed by atoms with Crippen LogP contribution in [0.1, 0.15) is 28.4 Å². The van der Waals surface area contributed by atoms with Crippen molar-refractivity contribution in [1.82, 2.24) is 14.8 Å². The molecule has 7 nitrogen and oxygen atoms in total. The van der Waals surface area contributed by atoms with Gasteiger partial charge in [-0.25, -0.2) is 0 Å². The number of carbonyl (C=O) groups is 1. The summed E-state index contributed by atoms with van der Waals surface area (Å²) >= 11 is 5.52. The molecule has 0 radical (unpaired) electrons. The fraction of sp³-hybridized carbons (Fsp3) is 0.350. The zero-order valence-corrected chi connectivity index (χ0v) is 15.9. The van der Waals surface area contributed by atoms with Gasteiger partial charge < -0.3 is 18.9 Å². The molecule has 0 aliphatic carbocycles. The lowest BCUT2D eigenvalue weighted by Crippen LogP contribution is -2.52. The molecule has 2 bridgehead atoms. The van der Waals surface area contributed by atoms with E-state index >= 15 is 0 Å². The van der Waals surface area contributed by atoms with Gasteiger partial charge in [0.15, 0.2) is 16.6 Å². The summed E-state index contributed by atoms with van der Waals surface area (Å²) in [6.45, 7) is 2.29. The van der Waals surface area contributed by atoms with Gasteiger partial charge >= 0.3 is 0 Å². The number of fused-ring (bicyclic) bond motifs is 5. The quantitative estimate of drug-likeness (QED) is 0.739. The predicted molar refractivity (Wildman–Crippen MR) is 106 cm³/mol. The molecule has 2 unspecified atom stereocenters. The average Bonchev–Trinajstić information content (AvgIpc) is 3.16. The summed E-state index contributed by atoms with van der Waals surface area (Å²) in [5, 5.41) is 3.26. The number of carbonyl (C=O) groups excluding carboxylic acids is 1. The molecular weight excluding hydrogens is 378 g/mol. The number of hydrogen-bond donors (Lipinski definition) is 1. The second-order valence-electron chi connectivity index (χ2n) is 7.43. The van der Waals surface area contributed by atoms with Gasteiger partial charge in [0.2, 0.25) is 6.79 Å². The van der Waals surface area contributed by atoms with Crippen LogP contribution in [-0.2, 0) is 6.54 Å². The molecule has 3 aliphatic heterocycles.